The Kier molecular flexibility index (Phi) is 5.97. The zero-order chi connectivity index (χ0) is 17.8. The van der Waals surface area contributed by atoms with Gasteiger partial charge in [-0.3, -0.25) is 4.79 Å². The second-order valence-electron chi connectivity index (χ2n) is 5.87. The lowest BCUT2D eigenvalue weighted by Gasteiger charge is -2.35. The van der Waals surface area contributed by atoms with E-state index in [4.69, 9.17) is 32.7 Å². The van der Waals surface area contributed by atoms with E-state index in [0.717, 1.165) is 11.1 Å². The van der Waals surface area contributed by atoms with Crippen molar-refractivity contribution < 1.29 is 14.3 Å². The van der Waals surface area contributed by atoms with E-state index in [9.17, 15) is 4.79 Å². The van der Waals surface area contributed by atoms with Crippen molar-refractivity contribution in [3.8, 4) is 0 Å². The fourth-order valence-electron chi connectivity index (χ4n) is 2.99. The Bertz CT molecular complexity index is 718. The lowest BCUT2D eigenvalue weighted by molar-refractivity contribution is -0.150. The molecular weight excluding hydrogens is 361 g/mol. The van der Waals surface area contributed by atoms with Crippen LogP contribution in [0.1, 0.15) is 23.3 Å². The molecular formula is C19H19Cl2NO3. The lowest BCUT2D eigenvalue weighted by atomic mass is 10.1. The van der Waals surface area contributed by atoms with Crippen LogP contribution in [0.3, 0.4) is 0 Å². The Labute approximate surface area is 157 Å². The molecule has 2 atom stereocenters. The summed E-state index contributed by atoms with van der Waals surface area (Å²) in [6.45, 7) is 1.41. The molecule has 25 heavy (non-hydrogen) atoms. The average Bonchev–Trinajstić information content (AvgIpc) is 2.62. The van der Waals surface area contributed by atoms with Crippen LogP contribution in [-0.4, -0.2) is 37.6 Å². The van der Waals surface area contributed by atoms with Crippen LogP contribution in [0.4, 0.5) is 0 Å². The fourth-order valence-corrected chi connectivity index (χ4v) is 3.53. The second kappa shape index (κ2) is 8.19. The van der Waals surface area contributed by atoms with E-state index in [-0.39, 0.29) is 12.0 Å². The van der Waals surface area contributed by atoms with E-state index in [1.807, 2.05) is 42.5 Å². The summed E-state index contributed by atoms with van der Waals surface area (Å²) in [5.41, 5.74) is 1.70. The van der Waals surface area contributed by atoms with Gasteiger partial charge in [-0.15, -0.1) is 0 Å². The van der Waals surface area contributed by atoms with Crippen molar-refractivity contribution in [2.24, 2.45) is 0 Å². The molecule has 0 aliphatic carbocycles. The smallest absolute Gasteiger partial charge is 0.256 e. The number of rotatable bonds is 4. The van der Waals surface area contributed by atoms with Crippen LogP contribution in [0.5, 0.6) is 0 Å². The van der Waals surface area contributed by atoms with Gasteiger partial charge in [0, 0.05) is 23.7 Å². The highest BCUT2D eigenvalue weighted by Gasteiger charge is 2.31. The molecule has 3 rings (SSSR count). The van der Waals surface area contributed by atoms with Crippen molar-refractivity contribution >= 4 is 29.1 Å². The zero-order valence-electron chi connectivity index (χ0n) is 13.8. The Morgan fingerprint density at radius 2 is 1.88 bits per heavy atom. The molecule has 1 saturated heterocycles. The van der Waals surface area contributed by atoms with Crippen LogP contribution in [0.25, 0.3) is 0 Å². The molecule has 0 spiro atoms. The number of morpholine rings is 1. The zero-order valence-corrected chi connectivity index (χ0v) is 15.3. The van der Waals surface area contributed by atoms with E-state index < -0.39 is 6.10 Å². The number of ether oxygens (including phenoxy) is 2. The Morgan fingerprint density at radius 3 is 2.52 bits per heavy atom. The summed E-state index contributed by atoms with van der Waals surface area (Å²) < 4.78 is 11.3. The topological polar surface area (TPSA) is 38.8 Å². The van der Waals surface area contributed by atoms with Crippen molar-refractivity contribution in [1.29, 1.82) is 0 Å². The summed E-state index contributed by atoms with van der Waals surface area (Å²) in [5.74, 6) is -0.0740. The molecule has 4 nitrogen and oxygen atoms in total. The average molecular weight is 380 g/mol. The highest BCUT2D eigenvalue weighted by atomic mass is 35.5. The molecule has 0 radical (unpaired) electrons. The maximum atomic E-state index is 12.9. The molecule has 132 valence electrons. The summed E-state index contributed by atoms with van der Waals surface area (Å²) in [5, 5.41) is 1.10. The van der Waals surface area contributed by atoms with Gasteiger partial charge < -0.3 is 14.4 Å². The Hall–Kier alpha value is -1.59. The van der Waals surface area contributed by atoms with Crippen molar-refractivity contribution in [1.82, 2.24) is 4.90 Å². The molecule has 1 aliphatic rings. The van der Waals surface area contributed by atoms with Gasteiger partial charge in [0.15, 0.2) is 6.10 Å². The van der Waals surface area contributed by atoms with Crippen LogP contribution in [0.15, 0.2) is 48.5 Å². The molecule has 0 N–H and O–H groups in total. The largest absolute Gasteiger partial charge is 0.370 e. The van der Waals surface area contributed by atoms with Crippen molar-refractivity contribution in [2.75, 3.05) is 26.8 Å². The molecule has 1 aliphatic heterocycles. The normalized spacial score (nSPS) is 18.8. The highest BCUT2D eigenvalue weighted by Crippen LogP contribution is 2.29. The summed E-state index contributed by atoms with van der Waals surface area (Å²) >= 11 is 12.2. The number of hydrogen-bond acceptors (Lipinski definition) is 3. The van der Waals surface area contributed by atoms with Gasteiger partial charge in [-0.25, -0.2) is 0 Å². The lowest BCUT2D eigenvalue weighted by Crippen LogP contribution is -2.44. The molecule has 1 amide bonds. The van der Waals surface area contributed by atoms with Gasteiger partial charge in [0.25, 0.3) is 5.91 Å². The molecule has 6 heteroatoms. The quantitative estimate of drug-likeness (QED) is 0.795. The minimum Gasteiger partial charge on any atom is -0.370 e. The van der Waals surface area contributed by atoms with Gasteiger partial charge >= 0.3 is 0 Å². The van der Waals surface area contributed by atoms with Crippen molar-refractivity contribution in [3.63, 3.8) is 0 Å². The maximum absolute atomic E-state index is 12.9. The highest BCUT2D eigenvalue weighted by molar-refractivity contribution is 6.34. The molecule has 0 bridgehead atoms. The number of methoxy groups -OCH3 is 1. The van der Waals surface area contributed by atoms with E-state index >= 15 is 0 Å². The number of carbonyl (C=O) groups excluding carboxylic acids is 1. The fraction of sp³-hybridized carbons (Fsp3) is 0.316. The van der Waals surface area contributed by atoms with Crippen LogP contribution in [-0.2, 0) is 14.3 Å². The van der Waals surface area contributed by atoms with Gasteiger partial charge in [0.1, 0.15) is 6.10 Å². The van der Waals surface area contributed by atoms with Crippen LogP contribution < -0.4 is 0 Å². The number of halogens is 2. The van der Waals surface area contributed by atoms with Gasteiger partial charge in [-0.2, -0.15) is 0 Å². The molecule has 0 saturated carbocycles. The first-order valence-corrected chi connectivity index (χ1v) is 8.78. The predicted octanol–water partition coefficient (Wildman–Crippen LogP) is 4.28. The van der Waals surface area contributed by atoms with Crippen LogP contribution in [0, 0.1) is 0 Å². The molecule has 0 aromatic heterocycles. The van der Waals surface area contributed by atoms with Crippen LogP contribution in [0.2, 0.25) is 10.0 Å². The Morgan fingerprint density at radius 1 is 1.20 bits per heavy atom. The van der Waals surface area contributed by atoms with E-state index in [1.54, 1.807) is 18.1 Å². The third-order valence-electron chi connectivity index (χ3n) is 4.20. The molecule has 1 heterocycles. The van der Waals surface area contributed by atoms with E-state index in [0.29, 0.717) is 29.7 Å². The summed E-state index contributed by atoms with van der Waals surface area (Å²) in [6.07, 6.45) is -0.884. The Balaban J connectivity index is 1.77. The minimum atomic E-state index is -0.622. The second-order valence-corrected chi connectivity index (χ2v) is 6.75. The van der Waals surface area contributed by atoms with Gasteiger partial charge in [0.2, 0.25) is 0 Å². The van der Waals surface area contributed by atoms with E-state index in [1.165, 1.54) is 0 Å². The van der Waals surface area contributed by atoms with Crippen molar-refractivity contribution in [2.45, 2.75) is 12.2 Å². The molecule has 2 aromatic carbocycles. The summed E-state index contributed by atoms with van der Waals surface area (Å²) in [4.78, 5) is 14.7. The molecule has 1 unspecified atom stereocenters. The van der Waals surface area contributed by atoms with Gasteiger partial charge in [-0.05, 0) is 29.3 Å². The predicted molar refractivity (Wildman–Crippen MR) is 97.9 cm³/mol. The van der Waals surface area contributed by atoms with Gasteiger partial charge in [0.05, 0.1) is 13.2 Å². The number of amides is 1. The first-order chi connectivity index (χ1) is 12.1. The number of hydrogen-bond donors (Lipinski definition) is 0. The molecule has 2 aromatic rings. The number of carbonyl (C=O) groups is 1. The third-order valence-corrected chi connectivity index (χ3v) is 4.63. The SMILES string of the molecule is CO[C@@H](C(=O)N1CCOC(c2cc(Cl)cc(Cl)c2)C1)c1ccccc1. The molecule has 1 fully saturated rings. The third kappa shape index (κ3) is 4.33. The monoisotopic (exact) mass is 379 g/mol. The maximum Gasteiger partial charge on any atom is 0.256 e. The standard InChI is InChI=1S/C19H19Cl2NO3/c1-24-18(13-5-3-2-4-6-13)19(23)22-7-8-25-17(12-22)14-9-15(20)11-16(21)10-14/h2-6,9-11,17-18H,7-8,12H2,1H3/t17?,18-/m1/s1. The van der Waals surface area contributed by atoms with Crippen LogP contribution >= 0.6 is 23.2 Å². The van der Waals surface area contributed by atoms with Gasteiger partial charge in [-0.1, -0.05) is 53.5 Å². The number of benzene rings is 2. The summed E-state index contributed by atoms with van der Waals surface area (Å²) in [7, 11) is 1.55. The van der Waals surface area contributed by atoms with Crippen molar-refractivity contribution in [3.05, 3.63) is 69.7 Å². The number of nitrogens with zero attached hydrogens (tertiary/aromatic N) is 1. The minimum absolute atomic E-state index is 0.0740. The summed E-state index contributed by atoms with van der Waals surface area (Å²) in [6, 6.07) is 14.8. The van der Waals surface area contributed by atoms with E-state index in [2.05, 4.69) is 0 Å². The first kappa shape index (κ1) is 18.2. The first-order valence-electron chi connectivity index (χ1n) is 8.02.